The SMILES string of the molecule is O=C(NCCCCN1CC[N+]2(CCOc3ccccc32)CC1)c1cc2ccccn2n1. The quantitative estimate of drug-likeness (QED) is 0.492. The molecule has 0 atom stereocenters. The highest BCUT2D eigenvalue weighted by Gasteiger charge is 2.39. The van der Waals surface area contributed by atoms with Crippen LogP contribution in [-0.4, -0.2) is 72.8 Å². The van der Waals surface area contributed by atoms with Crippen molar-refractivity contribution in [3.63, 3.8) is 0 Å². The van der Waals surface area contributed by atoms with Crippen LogP contribution in [0.25, 0.3) is 5.52 Å². The van der Waals surface area contributed by atoms with E-state index in [4.69, 9.17) is 4.74 Å². The topological polar surface area (TPSA) is 58.9 Å². The monoisotopic (exact) mass is 420 g/mol. The lowest BCUT2D eigenvalue weighted by atomic mass is 10.1. The Balaban J connectivity index is 1.05. The highest BCUT2D eigenvalue weighted by Crippen LogP contribution is 2.37. The summed E-state index contributed by atoms with van der Waals surface area (Å²) in [6, 6.07) is 16.1. The van der Waals surface area contributed by atoms with Gasteiger partial charge in [0, 0.05) is 31.9 Å². The largest absolute Gasteiger partial charge is 0.481 e. The van der Waals surface area contributed by atoms with Gasteiger partial charge in [-0.05, 0) is 43.7 Å². The second kappa shape index (κ2) is 8.69. The number of aromatic nitrogens is 2. The Morgan fingerprint density at radius 1 is 1.06 bits per heavy atom. The lowest BCUT2D eigenvalue weighted by Gasteiger charge is -2.46. The first-order valence-corrected chi connectivity index (χ1v) is 11.3. The van der Waals surface area contributed by atoms with Crippen LogP contribution < -0.4 is 14.5 Å². The fourth-order valence-electron chi connectivity index (χ4n) is 4.80. The first kappa shape index (κ1) is 20.0. The number of hydrogen-bond donors (Lipinski definition) is 1. The van der Waals surface area contributed by atoms with E-state index in [1.165, 1.54) is 5.69 Å². The van der Waals surface area contributed by atoms with E-state index in [1.807, 2.05) is 30.5 Å². The van der Waals surface area contributed by atoms with Gasteiger partial charge in [-0.15, -0.1) is 0 Å². The highest BCUT2D eigenvalue weighted by atomic mass is 16.5. The fraction of sp³-hybridized carbons (Fsp3) is 0.417. The van der Waals surface area contributed by atoms with Crippen molar-refractivity contribution in [2.24, 2.45) is 0 Å². The molecule has 0 bridgehead atoms. The number of nitrogens with zero attached hydrogens (tertiary/aromatic N) is 4. The first-order chi connectivity index (χ1) is 15.2. The second-order valence-corrected chi connectivity index (χ2v) is 8.54. The minimum Gasteiger partial charge on any atom is -0.481 e. The molecule has 0 saturated carbocycles. The van der Waals surface area contributed by atoms with Crippen LogP contribution in [0.15, 0.2) is 54.7 Å². The van der Waals surface area contributed by atoms with E-state index in [9.17, 15) is 4.79 Å². The Bertz CT molecular complexity index is 1020. The third-order valence-corrected chi connectivity index (χ3v) is 6.63. The average molecular weight is 421 g/mol. The van der Waals surface area contributed by atoms with E-state index in [2.05, 4.69) is 39.6 Å². The van der Waals surface area contributed by atoms with Crippen LogP contribution in [0.5, 0.6) is 5.75 Å². The molecule has 7 heteroatoms. The maximum absolute atomic E-state index is 12.3. The highest BCUT2D eigenvalue weighted by molar-refractivity contribution is 5.93. The predicted octanol–water partition coefficient (Wildman–Crippen LogP) is 2.56. The van der Waals surface area contributed by atoms with E-state index in [0.717, 1.165) is 74.5 Å². The van der Waals surface area contributed by atoms with Gasteiger partial charge in [0.1, 0.15) is 13.2 Å². The number of fused-ring (bicyclic) bond motifs is 3. The number of pyridine rings is 1. The van der Waals surface area contributed by atoms with Crippen molar-refractivity contribution in [2.45, 2.75) is 12.8 Å². The van der Waals surface area contributed by atoms with Crippen molar-refractivity contribution in [1.29, 1.82) is 0 Å². The predicted molar refractivity (Wildman–Crippen MR) is 122 cm³/mol. The number of carbonyl (C=O) groups excluding carboxylic acids is 1. The fourth-order valence-corrected chi connectivity index (χ4v) is 4.80. The number of para-hydroxylation sites is 2. The molecule has 0 radical (unpaired) electrons. The number of carbonyl (C=O) groups is 1. The molecule has 5 rings (SSSR count). The number of nitrogens with one attached hydrogen (secondary N) is 1. The number of quaternary nitrogens is 1. The summed E-state index contributed by atoms with van der Waals surface area (Å²) in [4.78, 5) is 14.9. The second-order valence-electron chi connectivity index (χ2n) is 8.54. The molecule has 1 N–H and O–H groups in total. The Hall–Kier alpha value is -2.90. The summed E-state index contributed by atoms with van der Waals surface area (Å²) < 4.78 is 8.66. The van der Waals surface area contributed by atoms with Crippen molar-refractivity contribution in [3.05, 3.63) is 60.4 Å². The van der Waals surface area contributed by atoms with Gasteiger partial charge >= 0.3 is 0 Å². The van der Waals surface area contributed by atoms with Crippen LogP contribution in [-0.2, 0) is 0 Å². The van der Waals surface area contributed by atoms with Crippen LogP contribution in [0.2, 0.25) is 0 Å². The van der Waals surface area contributed by atoms with Crippen LogP contribution in [0, 0.1) is 0 Å². The van der Waals surface area contributed by atoms with Gasteiger partial charge in [0.05, 0.1) is 18.6 Å². The summed E-state index contributed by atoms with van der Waals surface area (Å²) in [5.41, 5.74) is 2.76. The lowest BCUT2D eigenvalue weighted by Crippen LogP contribution is -2.63. The third-order valence-electron chi connectivity index (χ3n) is 6.63. The molecule has 4 heterocycles. The van der Waals surface area contributed by atoms with Crippen LogP contribution in [0.4, 0.5) is 5.69 Å². The molecule has 0 aliphatic carbocycles. The number of unbranched alkanes of at least 4 members (excludes halogenated alkanes) is 1. The minimum absolute atomic E-state index is 0.0981. The minimum atomic E-state index is -0.0981. The van der Waals surface area contributed by atoms with Crippen molar-refractivity contribution in [3.8, 4) is 5.75 Å². The summed E-state index contributed by atoms with van der Waals surface area (Å²) in [5.74, 6) is 0.961. The van der Waals surface area contributed by atoms with Gasteiger partial charge < -0.3 is 10.1 Å². The Morgan fingerprint density at radius 3 is 2.77 bits per heavy atom. The Morgan fingerprint density at radius 2 is 1.90 bits per heavy atom. The number of rotatable bonds is 6. The van der Waals surface area contributed by atoms with Crippen LogP contribution in [0.1, 0.15) is 23.3 Å². The van der Waals surface area contributed by atoms with Crippen molar-refractivity contribution >= 4 is 17.1 Å². The van der Waals surface area contributed by atoms with Crippen LogP contribution >= 0.6 is 0 Å². The number of benzene rings is 1. The molecular weight excluding hydrogens is 390 g/mol. The van der Waals surface area contributed by atoms with E-state index in [1.54, 1.807) is 4.52 Å². The van der Waals surface area contributed by atoms with Crippen molar-refractivity contribution in [2.75, 3.05) is 52.4 Å². The molecule has 1 saturated heterocycles. The summed E-state index contributed by atoms with van der Waals surface area (Å²) in [7, 11) is 0. The van der Waals surface area contributed by atoms with Gasteiger partial charge in [0.2, 0.25) is 0 Å². The Kier molecular flexibility index (Phi) is 5.61. The number of piperazine rings is 1. The van der Waals surface area contributed by atoms with Gasteiger partial charge in [-0.1, -0.05) is 18.2 Å². The molecule has 3 aromatic rings. The average Bonchev–Trinajstić information content (AvgIpc) is 3.25. The summed E-state index contributed by atoms with van der Waals surface area (Å²) >= 11 is 0. The molecule has 1 fully saturated rings. The summed E-state index contributed by atoms with van der Waals surface area (Å²) in [6.07, 6.45) is 3.92. The van der Waals surface area contributed by atoms with Gasteiger partial charge in [0.25, 0.3) is 5.91 Å². The zero-order valence-corrected chi connectivity index (χ0v) is 17.9. The standard InChI is InChI=1S/C24H29N5O2/c30-24(21-19-20-7-3-5-12-28(20)26-21)25-10-4-6-11-27-13-15-29(16-14-27)17-18-31-23-9-2-1-8-22(23)29/h1-3,5,7-9,12,19H,4,6,10-11,13-18H2/p+1. The van der Waals surface area contributed by atoms with E-state index in [0.29, 0.717) is 12.2 Å². The number of hydrogen-bond acceptors (Lipinski definition) is 4. The van der Waals surface area contributed by atoms with Crippen molar-refractivity contribution < 1.29 is 9.53 Å². The Labute approximate surface area is 182 Å². The molecule has 162 valence electrons. The van der Waals surface area contributed by atoms with E-state index < -0.39 is 0 Å². The summed E-state index contributed by atoms with van der Waals surface area (Å²) in [5, 5.41) is 7.33. The molecule has 0 unspecified atom stereocenters. The number of ether oxygens (including phenoxy) is 1. The molecule has 7 nitrogen and oxygen atoms in total. The maximum atomic E-state index is 12.3. The van der Waals surface area contributed by atoms with E-state index >= 15 is 0 Å². The smallest absolute Gasteiger partial charge is 0.271 e. The van der Waals surface area contributed by atoms with Crippen LogP contribution in [0.3, 0.4) is 0 Å². The third kappa shape index (κ3) is 4.16. The molecule has 1 aromatic carbocycles. The molecule has 1 spiro atoms. The molecule has 31 heavy (non-hydrogen) atoms. The van der Waals surface area contributed by atoms with E-state index in [-0.39, 0.29) is 5.91 Å². The molecule has 1 amide bonds. The zero-order valence-electron chi connectivity index (χ0n) is 17.9. The first-order valence-electron chi connectivity index (χ1n) is 11.3. The maximum Gasteiger partial charge on any atom is 0.271 e. The summed E-state index contributed by atoms with van der Waals surface area (Å²) in [6.45, 7) is 8.16. The lowest BCUT2D eigenvalue weighted by molar-refractivity contribution is 0.0940. The molecule has 2 aromatic heterocycles. The number of amides is 1. The molecule has 2 aliphatic rings. The van der Waals surface area contributed by atoms with Crippen molar-refractivity contribution in [1.82, 2.24) is 24.3 Å². The van der Waals surface area contributed by atoms with Gasteiger partial charge in [-0.25, -0.2) is 4.52 Å². The zero-order chi connectivity index (χ0) is 21.1. The normalized spacial score (nSPS) is 17.9. The van der Waals surface area contributed by atoms with Gasteiger partial charge in [0.15, 0.2) is 17.1 Å². The van der Waals surface area contributed by atoms with Gasteiger partial charge in [-0.3, -0.25) is 14.2 Å². The van der Waals surface area contributed by atoms with Gasteiger partial charge in [-0.2, -0.15) is 5.10 Å². The molecular formula is C24H30N5O2+. The molecule has 2 aliphatic heterocycles.